The van der Waals surface area contributed by atoms with Crippen LogP contribution >= 0.6 is 22.9 Å². The van der Waals surface area contributed by atoms with Gasteiger partial charge in [0.2, 0.25) is 0 Å². The van der Waals surface area contributed by atoms with Crippen LogP contribution in [-0.2, 0) is 16.1 Å². The molecule has 1 amide bonds. The molecule has 0 saturated carbocycles. The Bertz CT molecular complexity index is 1150. The predicted octanol–water partition coefficient (Wildman–Crippen LogP) is 4.82. The van der Waals surface area contributed by atoms with Crippen LogP contribution in [0, 0.1) is 0 Å². The second kappa shape index (κ2) is 8.91. The molecule has 1 atom stereocenters. The molecule has 8 heteroatoms. The lowest BCUT2D eigenvalue weighted by atomic mass is 9.99. The second-order valence-corrected chi connectivity index (χ2v) is 8.22. The Balaban J connectivity index is 1.85. The van der Waals surface area contributed by atoms with Crippen LogP contribution in [0.5, 0.6) is 5.75 Å². The van der Waals surface area contributed by atoms with Gasteiger partial charge in [-0.1, -0.05) is 23.7 Å². The number of Topliss-reactive ketones (excluding diaryl/α,β-unsaturated/α-hetero) is 1. The van der Waals surface area contributed by atoms with Crippen molar-refractivity contribution >= 4 is 40.4 Å². The topological polar surface area (TPSA) is 79.7 Å². The monoisotopic (exact) mass is 454 g/mol. The van der Waals surface area contributed by atoms with E-state index in [1.807, 2.05) is 30.5 Å². The average Bonchev–Trinajstić information content (AvgIpc) is 3.38. The third-order valence-corrected chi connectivity index (χ3v) is 6.17. The van der Waals surface area contributed by atoms with Crippen LogP contribution in [0.1, 0.15) is 29.1 Å². The molecule has 0 aliphatic carbocycles. The lowest BCUT2D eigenvalue weighted by Gasteiger charge is -2.23. The number of amides is 1. The van der Waals surface area contributed by atoms with Crippen molar-refractivity contribution in [3.63, 3.8) is 0 Å². The number of aliphatic hydroxyl groups excluding tert-OH is 1. The number of aliphatic hydroxyl groups is 1. The Labute approximate surface area is 188 Å². The summed E-state index contributed by atoms with van der Waals surface area (Å²) in [5, 5.41) is 13.3. The number of rotatable bonds is 6. The van der Waals surface area contributed by atoms with E-state index < -0.39 is 17.7 Å². The molecule has 2 aromatic heterocycles. The van der Waals surface area contributed by atoms with Crippen LogP contribution < -0.4 is 4.74 Å². The fourth-order valence-corrected chi connectivity index (χ4v) is 4.59. The predicted molar refractivity (Wildman–Crippen MR) is 119 cm³/mol. The Morgan fingerprint density at radius 2 is 2.06 bits per heavy atom. The van der Waals surface area contributed by atoms with Crippen molar-refractivity contribution in [3.05, 3.63) is 86.8 Å². The zero-order valence-electron chi connectivity index (χ0n) is 16.6. The smallest absolute Gasteiger partial charge is 0.296 e. The van der Waals surface area contributed by atoms with E-state index in [9.17, 15) is 14.7 Å². The van der Waals surface area contributed by atoms with Crippen molar-refractivity contribution in [2.45, 2.75) is 19.5 Å². The van der Waals surface area contributed by atoms with Gasteiger partial charge in [0, 0.05) is 16.6 Å². The molecule has 158 valence electrons. The van der Waals surface area contributed by atoms with E-state index in [4.69, 9.17) is 16.3 Å². The minimum Gasteiger partial charge on any atom is -0.507 e. The van der Waals surface area contributed by atoms with E-state index in [-0.39, 0.29) is 28.5 Å². The third kappa shape index (κ3) is 4.06. The van der Waals surface area contributed by atoms with Gasteiger partial charge in [-0.2, -0.15) is 0 Å². The largest absolute Gasteiger partial charge is 0.507 e. The number of nitrogens with zero attached hydrogens (tertiary/aromatic N) is 2. The van der Waals surface area contributed by atoms with Crippen molar-refractivity contribution in [2.24, 2.45) is 0 Å². The summed E-state index contributed by atoms with van der Waals surface area (Å²) in [5.41, 5.74) is 0.881. The summed E-state index contributed by atoms with van der Waals surface area (Å²) in [6.45, 7) is 2.41. The molecule has 4 rings (SSSR count). The molecule has 1 aromatic carbocycles. The molecular weight excluding hydrogens is 436 g/mol. The maximum atomic E-state index is 13.0. The van der Waals surface area contributed by atoms with Crippen molar-refractivity contribution in [2.75, 3.05) is 6.61 Å². The molecule has 1 aliphatic rings. The van der Waals surface area contributed by atoms with Crippen LogP contribution in [-0.4, -0.2) is 33.3 Å². The van der Waals surface area contributed by atoms with Crippen LogP contribution in [0.15, 0.2) is 65.7 Å². The zero-order valence-corrected chi connectivity index (χ0v) is 18.2. The van der Waals surface area contributed by atoms with Gasteiger partial charge in [0.1, 0.15) is 17.6 Å². The number of pyridine rings is 1. The molecule has 3 heterocycles. The fraction of sp³-hybridized carbons (Fsp3) is 0.174. The minimum atomic E-state index is -0.760. The van der Waals surface area contributed by atoms with Gasteiger partial charge < -0.3 is 14.7 Å². The minimum absolute atomic E-state index is 0.000991. The van der Waals surface area contributed by atoms with E-state index in [1.165, 1.54) is 16.2 Å². The molecule has 1 aliphatic heterocycles. The summed E-state index contributed by atoms with van der Waals surface area (Å²) in [6.07, 6.45) is 1.63. The molecule has 1 saturated heterocycles. The Morgan fingerprint density at radius 3 is 2.74 bits per heavy atom. The number of aromatic nitrogens is 1. The summed E-state index contributed by atoms with van der Waals surface area (Å²) in [7, 11) is 0. The van der Waals surface area contributed by atoms with Gasteiger partial charge in [-0.15, -0.1) is 11.3 Å². The zero-order chi connectivity index (χ0) is 22.0. The lowest BCUT2D eigenvalue weighted by molar-refractivity contribution is -0.140. The molecule has 6 nitrogen and oxygen atoms in total. The lowest BCUT2D eigenvalue weighted by Crippen LogP contribution is -2.29. The summed E-state index contributed by atoms with van der Waals surface area (Å²) < 4.78 is 5.50. The number of hydrogen-bond acceptors (Lipinski definition) is 6. The van der Waals surface area contributed by atoms with E-state index in [1.54, 1.807) is 36.5 Å². The van der Waals surface area contributed by atoms with Gasteiger partial charge in [-0.25, -0.2) is 0 Å². The normalized spacial score (nSPS) is 17.9. The van der Waals surface area contributed by atoms with Crippen LogP contribution in [0.3, 0.4) is 0 Å². The highest BCUT2D eigenvalue weighted by atomic mass is 35.5. The number of likely N-dealkylation sites (tertiary alicyclic amines) is 1. The van der Waals surface area contributed by atoms with Gasteiger partial charge in [0.25, 0.3) is 11.7 Å². The molecule has 1 fully saturated rings. The first-order valence-electron chi connectivity index (χ1n) is 9.65. The van der Waals surface area contributed by atoms with Gasteiger partial charge in [-0.05, 0) is 48.7 Å². The summed E-state index contributed by atoms with van der Waals surface area (Å²) >= 11 is 7.73. The first-order valence-corrected chi connectivity index (χ1v) is 10.9. The number of benzene rings is 1. The summed E-state index contributed by atoms with van der Waals surface area (Å²) in [6, 6.07) is 13.1. The Kier molecular flexibility index (Phi) is 6.06. The van der Waals surface area contributed by atoms with E-state index in [0.717, 1.165) is 4.88 Å². The molecule has 3 aromatic rings. The number of ketones is 1. The Morgan fingerprint density at radius 1 is 1.23 bits per heavy atom. The highest BCUT2D eigenvalue weighted by molar-refractivity contribution is 7.10. The molecule has 0 radical (unpaired) electrons. The molecule has 31 heavy (non-hydrogen) atoms. The summed E-state index contributed by atoms with van der Waals surface area (Å²) in [5.74, 6) is -1.27. The van der Waals surface area contributed by atoms with Gasteiger partial charge in [0.15, 0.2) is 0 Å². The number of ether oxygens (including phenoxy) is 1. The first-order chi connectivity index (χ1) is 15.0. The van der Waals surface area contributed by atoms with Crippen LogP contribution in [0.4, 0.5) is 0 Å². The molecule has 1 N–H and O–H groups in total. The number of thiophene rings is 1. The molecular formula is C23H19ClN2O4S. The number of carbonyl (C=O) groups excluding carboxylic acids is 2. The maximum absolute atomic E-state index is 13.0. The molecule has 0 spiro atoms. The van der Waals surface area contributed by atoms with Gasteiger partial charge >= 0.3 is 0 Å². The first kappa shape index (κ1) is 21.1. The SMILES string of the molecule is CCOc1ccc(Cl)c(/C(O)=C2/C(=O)C(=O)N(Cc3ccccn3)C2c2cccs2)c1. The Hall–Kier alpha value is -3.16. The summed E-state index contributed by atoms with van der Waals surface area (Å²) in [4.78, 5) is 32.5. The van der Waals surface area contributed by atoms with Gasteiger partial charge in [-0.3, -0.25) is 14.6 Å². The average molecular weight is 455 g/mol. The van der Waals surface area contributed by atoms with Crippen LogP contribution in [0.25, 0.3) is 5.76 Å². The molecule has 0 bridgehead atoms. The third-order valence-electron chi connectivity index (χ3n) is 4.92. The van der Waals surface area contributed by atoms with E-state index in [2.05, 4.69) is 4.98 Å². The second-order valence-electron chi connectivity index (χ2n) is 6.84. The number of hydrogen-bond donors (Lipinski definition) is 1. The molecule has 1 unspecified atom stereocenters. The van der Waals surface area contributed by atoms with E-state index in [0.29, 0.717) is 18.1 Å². The van der Waals surface area contributed by atoms with Crippen molar-refractivity contribution in [1.29, 1.82) is 0 Å². The fourth-order valence-electron chi connectivity index (χ4n) is 3.54. The maximum Gasteiger partial charge on any atom is 0.296 e. The number of carbonyl (C=O) groups is 2. The highest BCUT2D eigenvalue weighted by Crippen LogP contribution is 2.43. The van der Waals surface area contributed by atoms with E-state index >= 15 is 0 Å². The van der Waals surface area contributed by atoms with Crippen LogP contribution in [0.2, 0.25) is 5.02 Å². The quantitative estimate of drug-likeness (QED) is 0.328. The standard InChI is InChI=1S/C23H19ClN2O4S/c1-2-30-15-8-9-17(24)16(12-15)21(27)19-20(18-7-5-11-31-18)26(23(29)22(19)28)13-14-6-3-4-10-25-14/h3-12,20,27H,2,13H2,1H3/b21-19-. The van der Waals surface area contributed by atoms with Crippen molar-refractivity contribution in [3.8, 4) is 5.75 Å². The van der Waals surface area contributed by atoms with Crippen molar-refractivity contribution in [1.82, 2.24) is 9.88 Å². The van der Waals surface area contributed by atoms with Crippen molar-refractivity contribution < 1.29 is 19.4 Å². The van der Waals surface area contributed by atoms with Gasteiger partial charge in [0.05, 0.1) is 29.4 Å². The highest BCUT2D eigenvalue weighted by Gasteiger charge is 2.46. The number of halogens is 1.